The SMILES string of the molecule is BrCc1ccccc1[S+](c1ccccc1)c1ccccc1.[Br-]. The summed E-state index contributed by atoms with van der Waals surface area (Å²) in [7, 11) is -0.0561. The Labute approximate surface area is 153 Å². The molecular weight excluding hydrogens is 420 g/mol. The van der Waals surface area contributed by atoms with Crippen molar-refractivity contribution in [2.24, 2.45) is 0 Å². The molecule has 0 spiro atoms. The third kappa shape index (κ3) is 3.83. The summed E-state index contributed by atoms with van der Waals surface area (Å²) < 4.78 is 0. The Morgan fingerprint density at radius 3 is 1.59 bits per heavy atom. The van der Waals surface area contributed by atoms with Crippen LogP contribution in [0.2, 0.25) is 0 Å². The first-order valence-electron chi connectivity index (χ1n) is 6.88. The average Bonchev–Trinajstić information content (AvgIpc) is 2.58. The second kappa shape index (κ2) is 8.56. The summed E-state index contributed by atoms with van der Waals surface area (Å²) in [5.74, 6) is 0. The quantitative estimate of drug-likeness (QED) is 0.436. The van der Waals surface area contributed by atoms with E-state index in [0.717, 1.165) is 5.33 Å². The van der Waals surface area contributed by atoms with Crippen LogP contribution in [0, 0.1) is 0 Å². The fraction of sp³-hybridized carbons (Fsp3) is 0.0526. The number of rotatable bonds is 4. The van der Waals surface area contributed by atoms with Crippen molar-refractivity contribution in [1.82, 2.24) is 0 Å². The van der Waals surface area contributed by atoms with E-state index in [4.69, 9.17) is 0 Å². The van der Waals surface area contributed by atoms with Gasteiger partial charge in [0.1, 0.15) is 0 Å². The van der Waals surface area contributed by atoms with Gasteiger partial charge in [-0.3, -0.25) is 0 Å². The van der Waals surface area contributed by atoms with Crippen LogP contribution in [0.1, 0.15) is 5.56 Å². The monoisotopic (exact) mass is 434 g/mol. The minimum atomic E-state index is -0.0561. The lowest BCUT2D eigenvalue weighted by Crippen LogP contribution is -3.00. The van der Waals surface area contributed by atoms with E-state index < -0.39 is 0 Å². The third-order valence-corrected chi connectivity index (χ3v) is 6.22. The highest BCUT2D eigenvalue weighted by molar-refractivity contribution is 9.08. The van der Waals surface area contributed by atoms with Crippen LogP contribution in [-0.4, -0.2) is 0 Å². The van der Waals surface area contributed by atoms with Crippen LogP contribution in [0.5, 0.6) is 0 Å². The summed E-state index contributed by atoms with van der Waals surface area (Å²) in [5, 5.41) is 0.881. The van der Waals surface area contributed by atoms with E-state index in [2.05, 4.69) is 101 Å². The Hall–Kier alpha value is -1.03. The Kier molecular flexibility index (Phi) is 6.74. The molecule has 3 aromatic rings. The van der Waals surface area contributed by atoms with E-state index in [1.807, 2.05) is 0 Å². The van der Waals surface area contributed by atoms with Gasteiger partial charge in [0.15, 0.2) is 14.7 Å². The molecule has 3 heteroatoms. The Morgan fingerprint density at radius 1 is 0.636 bits per heavy atom. The van der Waals surface area contributed by atoms with Crippen molar-refractivity contribution >= 4 is 26.8 Å². The lowest BCUT2D eigenvalue weighted by molar-refractivity contribution is -0.00000406. The molecule has 0 amide bonds. The molecule has 3 aromatic carbocycles. The molecule has 0 heterocycles. The fourth-order valence-corrected chi connectivity index (χ4v) is 5.25. The van der Waals surface area contributed by atoms with Gasteiger partial charge in [-0.2, -0.15) is 0 Å². The van der Waals surface area contributed by atoms with Crippen molar-refractivity contribution in [2.75, 3.05) is 0 Å². The van der Waals surface area contributed by atoms with Crippen molar-refractivity contribution in [1.29, 1.82) is 0 Å². The number of hydrogen-bond acceptors (Lipinski definition) is 0. The van der Waals surface area contributed by atoms with Gasteiger partial charge in [-0.25, -0.2) is 0 Å². The highest BCUT2D eigenvalue weighted by Crippen LogP contribution is 2.33. The van der Waals surface area contributed by atoms with Crippen LogP contribution in [-0.2, 0) is 16.2 Å². The molecule has 3 rings (SSSR count). The number of halogens is 2. The first-order chi connectivity index (χ1) is 10.4. The van der Waals surface area contributed by atoms with Gasteiger partial charge < -0.3 is 17.0 Å². The Morgan fingerprint density at radius 2 is 1.09 bits per heavy atom. The normalized spacial score (nSPS) is 10.3. The molecule has 0 radical (unpaired) electrons. The second-order valence-electron chi connectivity index (χ2n) is 4.67. The summed E-state index contributed by atoms with van der Waals surface area (Å²) >= 11 is 3.63. The molecular formula is C19H16Br2S. The Balaban J connectivity index is 0.00000176. The zero-order chi connectivity index (χ0) is 14.5. The summed E-state index contributed by atoms with van der Waals surface area (Å²) in [4.78, 5) is 4.11. The van der Waals surface area contributed by atoms with E-state index in [-0.39, 0.29) is 27.9 Å². The third-order valence-electron chi connectivity index (χ3n) is 3.29. The van der Waals surface area contributed by atoms with Crippen LogP contribution >= 0.6 is 15.9 Å². The largest absolute Gasteiger partial charge is 1.00 e. The number of hydrogen-bond donors (Lipinski definition) is 0. The molecule has 0 aromatic heterocycles. The van der Waals surface area contributed by atoms with Crippen LogP contribution < -0.4 is 17.0 Å². The maximum Gasteiger partial charge on any atom is 0.170 e. The van der Waals surface area contributed by atoms with Crippen LogP contribution in [0.4, 0.5) is 0 Å². The molecule has 112 valence electrons. The van der Waals surface area contributed by atoms with Gasteiger partial charge in [-0.1, -0.05) is 70.5 Å². The van der Waals surface area contributed by atoms with Crippen LogP contribution in [0.3, 0.4) is 0 Å². The van der Waals surface area contributed by atoms with Crippen molar-refractivity contribution in [3.8, 4) is 0 Å². The van der Waals surface area contributed by atoms with Gasteiger partial charge >= 0.3 is 0 Å². The van der Waals surface area contributed by atoms with Crippen LogP contribution in [0.15, 0.2) is 99.6 Å². The standard InChI is InChI=1S/C19H16BrS.BrH/c20-15-16-9-7-8-14-19(16)21(17-10-3-1-4-11-17)18-12-5-2-6-13-18;/h1-14H,15H2;1H/q+1;/p-1. The lowest BCUT2D eigenvalue weighted by atomic mass is 10.2. The molecule has 22 heavy (non-hydrogen) atoms. The van der Waals surface area contributed by atoms with E-state index in [9.17, 15) is 0 Å². The van der Waals surface area contributed by atoms with Crippen molar-refractivity contribution in [3.05, 3.63) is 90.5 Å². The van der Waals surface area contributed by atoms with Gasteiger partial charge in [0.05, 0.1) is 10.9 Å². The van der Waals surface area contributed by atoms with E-state index in [0.29, 0.717) is 0 Å². The molecule has 0 fully saturated rings. The zero-order valence-corrected chi connectivity index (χ0v) is 15.9. The summed E-state index contributed by atoms with van der Waals surface area (Å²) in [6.07, 6.45) is 0. The summed E-state index contributed by atoms with van der Waals surface area (Å²) in [6.45, 7) is 0. The molecule has 0 N–H and O–H groups in total. The molecule has 0 saturated carbocycles. The predicted octanol–water partition coefficient (Wildman–Crippen LogP) is 2.68. The first-order valence-corrected chi connectivity index (χ1v) is 9.23. The summed E-state index contributed by atoms with van der Waals surface area (Å²) in [6, 6.07) is 30.2. The van der Waals surface area contributed by atoms with Gasteiger partial charge in [0.2, 0.25) is 0 Å². The number of benzene rings is 3. The Bertz CT molecular complexity index is 659. The lowest BCUT2D eigenvalue weighted by Gasteiger charge is -2.10. The van der Waals surface area contributed by atoms with E-state index in [1.165, 1.54) is 20.2 Å². The maximum absolute atomic E-state index is 3.63. The van der Waals surface area contributed by atoms with Crippen LogP contribution in [0.25, 0.3) is 0 Å². The van der Waals surface area contributed by atoms with Crippen molar-refractivity contribution < 1.29 is 17.0 Å². The van der Waals surface area contributed by atoms with Gasteiger partial charge in [-0.15, -0.1) is 0 Å². The minimum Gasteiger partial charge on any atom is -1.00 e. The van der Waals surface area contributed by atoms with Gasteiger partial charge in [0.25, 0.3) is 0 Å². The maximum atomic E-state index is 3.63. The average molecular weight is 436 g/mol. The smallest absolute Gasteiger partial charge is 0.170 e. The molecule has 0 aliphatic carbocycles. The topological polar surface area (TPSA) is 0 Å². The minimum absolute atomic E-state index is 0. The summed E-state index contributed by atoms with van der Waals surface area (Å²) in [5.41, 5.74) is 1.36. The molecule has 0 saturated heterocycles. The molecule has 0 aliphatic heterocycles. The van der Waals surface area contributed by atoms with E-state index >= 15 is 0 Å². The first kappa shape index (κ1) is 17.3. The fourth-order valence-electron chi connectivity index (χ4n) is 2.32. The van der Waals surface area contributed by atoms with E-state index in [1.54, 1.807) is 0 Å². The van der Waals surface area contributed by atoms with Crippen molar-refractivity contribution in [3.63, 3.8) is 0 Å². The zero-order valence-electron chi connectivity index (χ0n) is 12.0. The number of alkyl halides is 1. The highest BCUT2D eigenvalue weighted by Gasteiger charge is 2.30. The molecule has 0 nitrogen and oxygen atoms in total. The van der Waals surface area contributed by atoms with Crippen molar-refractivity contribution in [2.45, 2.75) is 20.0 Å². The van der Waals surface area contributed by atoms with Gasteiger partial charge in [-0.05, 0) is 30.3 Å². The molecule has 0 bridgehead atoms. The molecule has 0 atom stereocenters. The molecule has 0 aliphatic rings. The van der Waals surface area contributed by atoms with Gasteiger partial charge in [0, 0.05) is 10.9 Å². The second-order valence-corrected chi connectivity index (χ2v) is 7.23. The molecule has 0 unspecified atom stereocenters. The predicted molar refractivity (Wildman–Crippen MR) is 94.1 cm³/mol. The highest BCUT2D eigenvalue weighted by atomic mass is 79.9.